The van der Waals surface area contributed by atoms with E-state index in [1.165, 1.54) is 0 Å². The molecule has 3 aromatic carbocycles. The van der Waals surface area contributed by atoms with Crippen molar-refractivity contribution in [1.82, 2.24) is 15.2 Å². The molecule has 0 amide bonds. The Morgan fingerprint density at radius 2 is 1.64 bits per heavy atom. The van der Waals surface area contributed by atoms with Crippen LogP contribution in [0.25, 0.3) is 16.9 Å². The van der Waals surface area contributed by atoms with Gasteiger partial charge in [0.1, 0.15) is 5.69 Å². The molecular formula is C25H23N5O2S. The van der Waals surface area contributed by atoms with Gasteiger partial charge in [0.2, 0.25) is 0 Å². The van der Waals surface area contributed by atoms with Crippen LogP contribution in [0, 0.1) is 0 Å². The van der Waals surface area contributed by atoms with Gasteiger partial charge in [0, 0.05) is 29.1 Å². The summed E-state index contributed by atoms with van der Waals surface area (Å²) in [6.07, 6.45) is 3.64. The van der Waals surface area contributed by atoms with Gasteiger partial charge in [-0.1, -0.05) is 48.5 Å². The molecule has 4 rings (SSSR count). The van der Waals surface area contributed by atoms with E-state index in [9.17, 15) is 0 Å². The minimum Gasteiger partial charge on any atom is -0.493 e. The lowest BCUT2D eigenvalue weighted by Crippen LogP contribution is -2.23. The van der Waals surface area contributed by atoms with Crippen molar-refractivity contribution in [3.63, 3.8) is 0 Å². The number of thiocarbonyl (C=S) groups is 1. The van der Waals surface area contributed by atoms with Gasteiger partial charge >= 0.3 is 0 Å². The van der Waals surface area contributed by atoms with Crippen molar-refractivity contribution in [2.24, 2.45) is 5.10 Å². The predicted octanol–water partition coefficient (Wildman–Crippen LogP) is 4.88. The first-order chi connectivity index (χ1) is 16.2. The number of hydrogen-bond acceptors (Lipinski definition) is 5. The van der Waals surface area contributed by atoms with Gasteiger partial charge in [0.05, 0.1) is 26.1 Å². The van der Waals surface area contributed by atoms with Crippen LogP contribution in [0.15, 0.2) is 90.2 Å². The highest BCUT2D eigenvalue weighted by molar-refractivity contribution is 7.80. The SMILES string of the molecule is COc1ccc(NC(=S)NN=Cc2cn(-c3ccccc3)nc2-c2ccccc2)cc1OC. The first kappa shape index (κ1) is 22.0. The van der Waals surface area contributed by atoms with Crippen molar-refractivity contribution < 1.29 is 9.47 Å². The molecule has 7 nitrogen and oxygen atoms in total. The van der Waals surface area contributed by atoms with E-state index in [-0.39, 0.29) is 0 Å². The van der Waals surface area contributed by atoms with Crippen LogP contribution >= 0.6 is 12.2 Å². The predicted molar refractivity (Wildman–Crippen MR) is 135 cm³/mol. The van der Waals surface area contributed by atoms with Crippen molar-refractivity contribution in [3.8, 4) is 28.4 Å². The lowest BCUT2D eigenvalue weighted by atomic mass is 10.1. The number of rotatable bonds is 7. The second-order valence-corrected chi connectivity index (χ2v) is 7.38. The standard InChI is InChI=1S/C25H23N5O2S/c1-31-22-14-13-20(15-23(22)32-2)27-25(33)28-26-16-19-17-30(21-11-7-4-8-12-21)29-24(19)18-9-5-3-6-10-18/h3-17H,1-2H3,(H2,27,28,33). The topological polar surface area (TPSA) is 72.7 Å². The van der Waals surface area contributed by atoms with E-state index in [4.69, 9.17) is 26.8 Å². The largest absolute Gasteiger partial charge is 0.493 e. The Kier molecular flexibility index (Phi) is 6.96. The summed E-state index contributed by atoms with van der Waals surface area (Å²) in [6.45, 7) is 0. The normalized spacial score (nSPS) is 10.7. The lowest BCUT2D eigenvalue weighted by Gasteiger charge is -2.11. The molecular weight excluding hydrogens is 434 g/mol. The molecule has 0 aliphatic carbocycles. The van der Waals surface area contributed by atoms with Crippen LogP contribution in [-0.2, 0) is 0 Å². The van der Waals surface area contributed by atoms with E-state index in [1.54, 1.807) is 32.6 Å². The number of aromatic nitrogens is 2. The number of benzene rings is 3. The molecule has 0 aliphatic rings. The summed E-state index contributed by atoms with van der Waals surface area (Å²) in [5.41, 5.74) is 7.25. The fourth-order valence-electron chi connectivity index (χ4n) is 3.25. The summed E-state index contributed by atoms with van der Waals surface area (Å²) < 4.78 is 12.4. The minimum atomic E-state index is 0.343. The highest BCUT2D eigenvalue weighted by Gasteiger charge is 2.11. The zero-order valence-electron chi connectivity index (χ0n) is 18.2. The van der Waals surface area contributed by atoms with Crippen molar-refractivity contribution >= 4 is 29.2 Å². The van der Waals surface area contributed by atoms with Crippen LogP contribution < -0.4 is 20.2 Å². The Morgan fingerprint density at radius 1 is 0.939 bits per heavy atom. The van der Waals surface area contributed by atoms with Gasteiger partial charge in [0.15, 0.2) is 16.6 Å². The number of methoxy groups -OCH3 is 2. The average molecular weight is 458 g/mol. The summed E-state index contributed by atoms with van der Waals surface area (Å²) in [6, 6.07) is 25.4. The van der Waals surface area contributed by atoms with Crippen LogP contribution in [0.1, 0.15) is 5.56 Å². The number of hydrazone groups is 1. The third-order valence-corrected chi connectivity index (χ3v) is 5.01. The molecule has 4 aromatic rings. The maximum absolute atomic E-state index is 5.37. The van der Waals surface area contributed by atoms with Gasteiger partial charge < -0.3 is 14.8 Å². The zero-order valence-corrected chi connectivity index (χ0v) is 19.0. The molecule has 1 aromatic heterocycles. The number of nitrogens with one attached hydrogen (secondary N) is 2. The maximum atomic E-state index is 5.37. The Morgan fingerprint density at radius 3 is 2.33 bits per heavy atom. The lowest BCUT2D eigenvalue weighted by molar-refractivity contribution is 0.355. The van der Waals surface area contributed by atoms with Gasteiger partial charge in [0.25, 0.3) is 0 Å². The number of hydrogen-bond donors (Lipinski definition) is 2. The fraction of sp³-hybridized carbons (Fsp3) is 0.0800. The van der Waals surface area contributed by atoms with Crippen LogP contribution in [0.5, 0.6) is 11.5 Å². The number of nitrogens with zero attached hydrogens (tertiary/aromatic N) is 3. The molecule has 0 aliphatic heterocycles. The third kappa shape index (κ3) is 5.36. The molecule has 0 unspecified atom stereocenters. The van der Waals surface area contributed by atoms with E-state index in [0.717, 1.165) is 28.2 Å². The first-order valence-electron chi connectivity index (χ1n) is 10.2. The Labute approximate surface area is 197 Å². The van der Waals surface area contributed by atoms with Crippen molar-refractivity contribution in [1.29, 1.82) is 0 Å². The second-order valence-electron chi connectivity index (χ2n) is 6.97. The fourth-order valence-corrected chi connectivity index (χ4v) is 3.42. The van der Waals surface area contributed by atoms with Gasteiger partial charge in [-0.05, 0) is 36.5 Å². The maximum Gasteiger partial charge on any atom is 0.191 e. The van der Waals surface area contributed by atoms with Gasteiger partial charge in [-0.15, -0.1) is 0 Å². The second kappa shape index (κ2) is 10.4. The Hall–Kier alpha value is -4.17. The smallest absolute Gasteiger partial charge is 0.191 e. The minimum absolute atomic E-state index is 0.343. The quantitative estimate of drug-likeness (QED) is 0.234. The van der Waals surface area contributed by atoms with E-state index in [1.807, 2.05) is 77.6 Å². The molecule has 0 saturated carbocycles. The van der Waals surface area contributed by atoms with Crippen molar-refractivity contribution in [2.75, 3.05) is 19.5 Å². The number of para-hydroxylation sites is 1. The summed E-state index contributed by atoms with van der Waals surface area (Å²) in [5, 5.41) is 12.5. The Bertz CT molecular complexity index is 1260. The molecule has 166 valence electrons. The number of ether oxygens (including phenoxy) is 2. The van der Waals surface area contributed by atoms with Gasteiger partial charge in [-0.25, -0.2) is 4.68 Å². The summed E-state index contributed by atoms with van der Waals surface area (Å²) in [7, 11) is 3.18. The van der Waals surface area contributed by atoms with E-state index in [2.05, 4.69) is 15.8 Å². The third-order valence-electron chi connectivity index (χ3n) is 4.82. The average Bonchev–Trinajstić information content (AvgIpc) is 3.29. The number of anilines is 1. The summed E-state index contributed by atoms with van der Waals surface area (Å²) in [5.74, 6) is 1.25. The molecule has 0 bridgehead atoms. The summed E-state index contributed by atoms with van der Waals surface area (Å²) in [4.78, 5) is 0. The Balaban J connectivity index is 1.51. The highest BCUT2D eigenvalue weighted by atomic mass is 32.1. The molecule has 0 saturated heterocycles. The van der Waals surface area contributed by atoms with Crippen LogP contribution in [0.4, 0.5) is 5.69 Å². The molecule has 1 heterocycles. The highest BCUT2D eigenvalue weighted by Crippen LogP contribution is 2.29. The van der Waals surface area contributed by atoms with E-state index >= 15 is 0 Å². The molecule has 0 fully saturated rings. The molecule has 33 heavy (non-hydrogen) atoms. The molecule has 0 atom stereocenters. The first-order valence-corrected chi connectivity index (χ1v) is 10.6. The molecule has 2 N–H and O–H groups in total. The van der Waals surface area contributed by atoms with Crippen LogP contribution in [-0.4, -0.2) is 35.3 Å². The van der Waals surface area contributed by atoms with E-state index < -0.39 is 0 Å². The van der Waals surface area contributed by atoms with Crippen LogP contribution in [0.3, 0.4) is 0 Å². The van der Waals surface area contributed by atoms with Gasteiger partial charge in [-0.3, -0.25) is 5.43 Å². The monoisotopic (exact) mass is 457 g/mol. The van der Waals surface area contributed by atoms with Gasteiger partial charge in [-0.2, -0.15) is 10.2 Å². The van der Waals surface area contributed by atoms with Crippen LogP contribution in [0.2, 0.25) is 0 Å². The van der Waals surface area contributed by atoms with Crippen molar-refractivity contribution in [2.45, 2.75) is 0 Å². The molecule has 0 radical (unpaired) electrons. The zero-order chi connectivity index (χ0) is 23.0. The summed E-state index contributed by atoms with van der Waals surface area (Å²) >= 11 is 5.37. The van der Waals surface area contributed by atoms with E-state index in [0.29, 0.717) is 16.6 Å². The molecule has 0 spiro atoms. The molecule has 8 heteroatoms. The van der Waals surface area contributed by atoms with Crippen molar-refractivity contribution in [3.05, 3.63) is 90.6 Å².